The molecular formula is C20H20N4O5. The van der Waals surface area contributed by atoms with Crippen molar-refractivity contribution in [3.05, 3.63) is 63.7 Å². The Bertz CT molecular complexity index is 985. The molecule has 0 spiro atoms. The van der Waals surface area contributed by atoms with Crippen LogP contribution in [0.5, 0.6) is 0 Å². The fourth-order valence-corrected chi connectivity index (χ4v) is 2.83. The summed E-state index contributed by atoms with van der Waals surface area (Å²) in [5.41, 5.74) is 3.16. The first kappa shape index (κ1) is 20.0. The summed E-state index contributed by atoms with van der Waals surface area (Å²) in [4.78, 5) is 34.4. The second kappa shape index (κ2) is 8.51. The van der Waals surface area contributed by atoms with Crippen molar-refractivity contribution in [3.8, 4) is 0 Å². The minimum absolute atomic E-state index is 0.0647. The van der Waals surface area contributed by atoms with Crippen molar-refractivity contribution in [1.29, 1.82) is 0 Å². The first-order chi connectivity index (χ1) is 13.8. The number of esters is 1. The van der Waals surface area contributed by atoms with Crippen LogP contribution in [0.2, 0.25) is 0 Å². The van der Waals surface area contributed by atoms with Crippen molar-refractivity contribution in [1.82, 2.24) is 0 Å². The lowest BCUT2D eigenvalue weighted by molar-refractivity contribution is -0.384. The molecule has 1 aliphatic heterocycles. The fraction of sp³-hybridized carbons (Fsp3) is 0.250. The first-order valence-electron chi connectivity index (χ1n) is 8.97. The van der Waals surface area contributed by atoms with Crippen LogP contribution >= 0.6 is 0 Å². The lowest BCUT2D eigenvalue weighted by atomic mass is 10.2. The molecule has 0 saturated carbocycles. The number of non-ortho nitro benzene ring substituents is 1. The van der Waals surface area contributed by atoms with Crippen LogP contribution in [-0.2, 0) is 9.53 Å². The number of nitro benzene ring substituents is 1. The van der Waals surface area contributed by atoms with E-state index in [0.717, 1.165) is 24.4 Å². The molecular weight excluding hydrogens is 376 g/mol. The van der Waals surface area contributed by atoms with Crippen LogP contribution in [0.4, 0.5) is 17.1 Å². The predicted octanol–water partition coefficient (Wildman–Crippen LogP) is 3.28. The number of carbonyl (C=O) groups is 2. The molecule has 0 unspecified atom stereocenters. The van der Waals surface area contributed by atoms with E-state index in [9.17, 15) is 19.7 Å². The zero-order chi connectivity index (χ0) is 21.0. The molecule has 0 saturated heterocycles. The molecule has 0 atom stereocenters. The van der Waals surface area contributed by atoms with E-state index in [0.29, 0.717) is 16.8 Å². The van der Waals surface area contributed by atoms with Gasteiger partial charge in [-0.05, 0) is 49.7 Å². The molecule has 0 bridgehead atoms. The maximum Gasteiger partial charge on any atom is 0.338 e. The Balaban J connectivity index is 1.53. The molecule has 0 aromatic heterocycles. The van der Waals surface area contributed by atoms with Gasteiger partial charge in [-0.25, -0.2) is 4.79 Å². The summed E-state index contributed by atoms with van der Waals surface area (Å²) < 4.78 is 5.05. The van der Waals surface area contributed by atoms with Crippen LogP contribution in [0, 0.1) is 17.0 Å². The highest BCUT2D eigenvalue weighted by Crippen LogP contribution is 2.22. The summed E-state index contributed by atoms with van der Waals surface area (Å²) >= 11 is 0. The molecule has 1 amide bonds. The summed E-state index contributed by atoms with van der Waals surface area (Å²) in [5, 5.41) is 19.6. The minimum atomic E-state index is -0.617. The number of benzene rings is 2. The zero-order valence-corrected chi connectivity index (χ0v) is 16.0. The molecule has 29 heavy (non-hydrogen) atoms. The smallest absolute Gasteiger partial charge is 0.338 e. The largest absolute Gasteiger partial charge is 0.452 e. The van der Waals surface area contributed by atoms with Gasteiger partial charge in [-0.15, -0.1) is 0 Å². The average molecular weight is 396 g/mol. The Morgan fingerprint density at radius 1 is 1.21 bits per heavy atom. The molecule has 0 aliphatic carbocycles. The SMILES string of the molecule is CC1=NN(c2ccc(C(=O)OCC(=O)Nc3ccc([N+](=O)[O-])cc3C)cc2)CC1. The first-order valence-corrected chi connectivity index (χ1v) is 8.97. The molecule has 2 aromatic carbocycles. The normalized spacial score (nSPS) is 13.0. The number of carbonyl (C=O) groups excluding carboxylic acids is 2. The highest BCUT2D eigenvalue weighted by Gasteiger charge is 2.15. The maximum atomic E-state index is 12.2. The molecule has 0 fully saturated rings. The number of hydrogen-bond donors (Lipinski definition) is 1. The van der Waals surface area contributed by atoms with Crippen LogP contribution in [0.1, 0.15) is 29.3 Å². The standard InChI is InChI=1S/C20H20N4O5/c1-13-11-17(24(27)28)7-8-18(13)21-19(25)12-29-20(26)15-3-5-16(6-4-15)23-10-9-14(2)22-23/h3-8,11H,9-10,12H2,1-2H3,(H,21,25). The molecule has 1 N–H and O–H groups in total. The van der Waals surface area contributed by atoms with Crippen LogP contribution in [-0.4, -0.2) is 35.7 Å². The molecule has 9 nitrogen and oxygen atoms in total. The summed E-state index contributed by atoms with van der Waals surface area (Å²) in [6, 6.07) is 10.9. The number of hydrogen-bond acceptors (Lipinski definition) is 7. The van der Waals surface area contributed by atoms with E-state index in [-0.39, 0.29) is 5.69 Å². The van der Waals surface area contributed by atoms with E-state index in [1.54, 1.807) is 31.2 Å². The van der Waals surface area contributed by atoms with Gasteiger partial charge in [0.25, 0.3) is 11.6 Å². The lowest BCUT2D eigenvalue weighted by Crippen LogP contribution is -2.21. The number of nitrogens with one attached hydrogen (secondary N) is 1. The highest BCUT2D eigenvalue weighted by atomic mass is 16.6. The third kappa shape index (κ3) is 4.95. The summed E-state index contributed by atoms with van der Waals surface area (Å²) in [6.07, 6.45) is 0.910. The van der Waals surface area contributed by atoms with E-state index >= 15 is 0 Å². The third-order valence-electron chi connectivity index (χ3n) is 4.41. The van der Waals surface area contributed by atoms with Crippen molar-refractivity contribution >= 4 is 34.7 Å². The second-order valence-electron chi connectivity index (χ2n) is 6.64. The van der Waals surface area contributed by atoms with E-state index in [1.807, 2.05) is 11.9 Å². The average Bonchev–Trinajstić information content (AvgIpc) is 3.14. The van der Waals surface area contributed by atoms with Crippen LogP contribution in [0.15, 0.2) is 47.6 Å². The minimum Gasteiger partial charge on any atom is -0.452 e. The van der Waals surface area contributed by atoms with E-state index in [4.69, 9.17) is 4.74 Å². The Morgan fingerprint density at radius 2 is 1.93 bits per heavy atom. The monoisotopic (exact) mass is 396 g/mol. The topological polar surface area (TPSA) is 114 Å². The summed E-state index contributed by atoms with van der Waals surface area (Å²) in [6.45, 7) is 3.95. The Hall–Kier alpha value is -3.75. The van der Waals surface area contributed by atoms with Crippen LogP contribution in [0.3, 0.4) is 0 Å². The lowest BCUT2D eigenvalue weighted by Gasteiger charge is -2.13. The van der Waals surface area contributed by atoms with Gasteiger partial charge in [0.05, 0.1) is 16.2 Å². The second-order valence-corrected chi connectivity index (χ2v) is 6.64. The summed E-state index contributed by atoms with van der Waals surface area (Å²) in [5.74, 6) is -1.15. The van der Waals surface area contributed by atoms with Gasteiger partial charge < -0.3 is 10.1 Å². The molecule has 0 radical (unpaired) electrons. The Labute approximate surface area is 167 Å². The van der Waals surface area contributed by atoms with Gasteiger partial charge in [0.15, 0.2) is 6.61 Å². The van der Waals surface area contributed by atoms with Crippen molar-refractivity contribution in [2.24, 2.45) is 5.10 Å². The zero-order valence-electron chi connectivity index (χ0n) is 16.0. The van der Waals surface area contributed by atoms with E-state index in [2.05, 4.69) is 10.4 Å². The van der Waals surface area contributed by atoms with Gasteiger partial charge in [0.1, 0.15) is 0 Å². The van der Waals surface area contributed by atoms with Crippen molar-refractivity contribution in [3.63, 3.8) is 0 Å². The van der Waals surface area contributed by atoms with Gasteiger partial charge in [0, 0.05) is 36.5 Å². The van der Waals surface area contributed by atoms with Crippen molar-refractivity contribution in [2.75, 3.05) is 23.5 Å². The quantitative estimate of drug-likeness (QED) is 0.455. The number of nitrogens with zero attached hydrogens (tertiary/aromatic N) is 3. The maximum absolute atomic E-state index is 12.2. The number of anilines is 2. The highest BCUT2D eigenvalue weighted by molar-refractivity contribution is 5.96. The Morgan fingerprint density at radius 3 is 2.52 bits per heavy atom. The van der Waals surface area contributed by atoms with Gasteiger partial charge in [-0.2, -0.15) is 5.10 Å². The van der Waals surface area contributed by atoms with Crippen molar-refractivity contribution in [2.45, 2.75) is 20.3 Å². The number of amides is 1. The number of hydrazone groups is 1. The van der Waals surface area contributed by atoms with Gasteiger partial charge in [-0.1, -0.05) is 0 Å². The van der Waals surface area contributed by atoms with Crippen molar-refractivity contribution < 1.29 is 19.2 Å². The van der Waals surface area contributed by atoms with Crippen LogP contribution < -0.4 is 10.3 Å². The molecule has 1 heterocycles. The number of aryl methyl sites for hydroxylation is 1. The Kier molecular flexibility index (Phi) is 5.87. The van der Waals surface area contributed by atoms with E-state index < -0.39 is 23.4 Å². The molecule has 3 rings (SSSR count). The predicted molar refractivity (Wildman–Crippen MR) is 108 cm³/mol. The van der Waals surface area contributed by atoms with Gasteiger partial charge >= 0.3 is 5.97 Å². The fourth-order valence-electron chi connectivity index (χ4n) is 2.83. The number of rotatable bonds is 6. The van der Waals surface area contributed by atoms with Crippen LogP contribution in [0.25, 0.3) is 0 Å². The number of nitro groups is 1. The molecule has 1 aliphatic rings. The molecule has 150 valence electrons. The summed E-state index contributed by atoms with van der Waals surface area (Å²) in [7, 11) is 0. The van der Waals surface area contributed by atoms with Gasteiger partial charge in [0.2, 0.25) is 0 Å². The molecule has 9 heteroatoms. The number of ether oxygens (including phenoxy) is 1. The van der Waals surface area contributed by atoms with Gasteiger partial charge in [-0.3, -0.25) is 19.9 Å². The third-order valence-corrected chi connectivity index (χ3v) is 4.41. The molecule has 2 aromatic rings. The van der Waals surface area contributed by atoms with E-state index in [1.165, 1.54) is 18.2 Å².